The molecule has 0 aliphatic carbocycles. The summed E-state index contributed by atoms with van der Waals surface area (Å²) in [5, 5.41) is 13.7. The molecule has 0 fully saturated rings. The molecular weight excluding hydrogens is 355 g/mol. The van der Waals surface area contributed by atoms with E-state index < -0.39 is 53.0 Å². The summed E-state index contributed by atoms with van der Waals surface area (Å²) in [5.74, 6) is -1.77. The Morgan fingerprint density at radius 2 is 2.00 bits per heavy atom. The van der Waals surface area contributed by atoms with E-state index >= 15 is 0 Å². The van der Waals surface area contributed by atoms with Crippen molar-refractivity contribution < 1.29 is 31.5 Å². The second-order valence-corrected chi connectivity index (χ2v) is 6.47. The largest absolute Gasteiger partial charge is 0.480 e. The number of hydrogen-bond donors (Lipinski definition) is 3. The van der Waals surface area contributed by atoms with Gasteiger partial charge in [0.1, 0.15) is 17.6 Å². The zero-order valence-corrected chi connectivity index (χ0v) is 13.3. The fourth-order valence-electron chi connectivity index (χ4n) is 1.71. The number of alkyl halides is 3. The van der Waals surface area contributed by atoms with Crippen LogP contribution in [0.4, 0.5) is 13.2 Å². The van der Waals surface area contributed by atoms with Gasteiger partial charge in [0.2, 0.25) is 0 Å². The van der Waals surface area contributed by atoms with Crippen LogP contribution in [-0.4, -0.2) is 46.4 Å². The van der Waals surface area contributed by atoms with E-state index in [0.29, 0.717) is 10.4 Å². The topological polar surface area (TPSA) is 152 Å². The van der Waals surface area contributed by atoms with Crippen LogP contribution in [0.1, 0.15) is 23.6 Å². The molecule has 0 bridgehead atoms. The zero-order valence-electron chi connectivity index (χ0n) is 12.5. The number of halogens is 3. The van der Waals surface area contributed by atoms with Gasteiger partial charge in [-0.15, -0.1) is 0 Å². The maximum absolute atomic E-state index is 12.7. The normalized spacial score (nSPS) is 14.0. The number of carbonyl (C=O) groups is 1. The highest BCUT2D eigenvalue weighted by atomic mass is 32.2. The van der Waals surface area contributed by atoms with Gasteiger partial charge >= 0.3 is 12.1 Å². The number of hydrogen-bond acceptors (Lipinski definition) is 6. The van der Waals surface area contributed by atoms with Gasteiger partial charge in [0.25, 0.3) is 10.2 Å². The molecule has 0 aromatic carbocycles. The molecule has 1 aromatic heterocycles. The Balaban J connectivity index is 3.03. The van der Waals surface area contributed by atoms with Crippen molar-refractivity contribution in [3.63, 3.8) is 0 Å². The first kappa shape index (κ1) is 20.2. The standard InChI is InChI=1S/C11H16F3N5O4S/c1-6-4-8(11(12,13)14)18-9(17-6)5-19(24(16,22)23)3-2-7(15)10(20)21/h4,7H,2-3,5,15H2,1H3,(H,20,21)(H2,16,22,23). The van der Waals surface area contributed by atoms with Crippen LogP contribution in [-0.2, 0) is 27.7 Å². The molecule has 9 nitrogen and oxygen atoms in total. The van der Waals surface area contributed by atoms with E-state index in [1.807, 2.05) is 0 Å². The van der Waals surface area contributed by atoms with Crippen molar-refractivity contribution in [1.82, 2.24) is 14.3 Å². The van der Waals surface area contributed by atoms with Crippen molar-refractivity contribution in [2.24, 2.45) is 10.9 Å². The number of aromatic nitrogens is 2. The summed E-state index contributed by atoms with van der Waals surface area (Å²) in [4.78, 5) is 17.7. The molecule has 0 radical (unpaired) electrons. The Labute approximate surface area is 135 Å². The van der Waals surface area contributed by atoms with E-state index in [4.69, 9.17) is 16.0 Å². The van der Waals surface area contributed by atoms with Crippen LogP contribution in [0.2, 0.25) is 0 Å². The summed E-state index contributed by atoms with van der Waals surface area (Å²) in [6, 6.07) is -0.635. The molecule has 24 heavy (non-hydrogen) atoms. The maximum Gasteiger partial charge on any atom is 0.433 e. The summed E-state index contributed by atoms with van der Waals surface area (Å²) in [7, 11) is -4.32. The second kappa shape index (κ2) is 7.38. The average Bonchev–Trinajstić information content (AvgIpc) is 2.40. The summed E-state index contributed by atoms with van der Waals surface area (Å²) in [5.41, 5.74) is 4.03. The Morgan fingerprint density at radius 3 is 2.46 bits per heavy atom. The molecule has 13 heteroatoms. The van der Waals surface area contributed by atoms with Crippen LogP contribution in [0.15, 0.2) is 6.07 Å². The molecule has 0 saturated carbocycles. The third-order valence-corrected chi connectivity index (χ3v) is 3.91. The molecule has 0 amide bonds. The molecule has 0 aliphatic rings. The van der Waals surface area contributed by atoms with Crippen LogP contribution in [0.25, 0.3) is 0 Å². The third kappa shape index (κ3) is 5.99. The highest BCUT2D eigenvalue weighted by Crippen LogP contribution is 2.28. The van der Waals surface area contributed by atoms with E-state index in [1.54, 1.807) is 0 Å². The fourth-order valence-corrected chi connectivity index (χ4v) is 2.36. The third-order valence-electron chi connectivity index (χ3n) is 2.88. The first-order valence-electron chi connectivity index (χ1n) is 6.48. The van der Waals surface area contributed by atoms with Crippen LogP contribution in [0, 0.1) is 6.92 Å². The van der Waals surface area contributed by atoms with E-state index in [2.05, 4.69) is 9.97 Å². The fraction of sp³-hybridized carbons (Fsp3) is 0.545. The number of aliphatic carboxylic acids is 1. The van der Waals surface area contributed by atoms with Crippen molar-refractivity contribution in [3.05, 3.63) is 23.3 Å². The summed E-state index contributed by atoms with van der Waals surface area (Å²) in [6.45, 7) is 0.239. The monoisotopic (exact) mass is 371 g/mol. The van der Waals surface area contributed by atoms with Crippen LogP contribution < -0.4 is 10.9 Å². The van der Waals surface area contributed by atoms with Gasteiger partial charge in [-0.25, -0.2) is 15.1 Å². The van der Waals surface area contributed by atoms with E-state index in [-0.39, 0.29) is 12.1 Å². The number of carboxylic acid groups (broad SMARTS) is 1. The Bertz CT molecular complexity index is 710. The number of aryl methyl sites for hydroxylation is 1. The molecule has 1 aromatic rings. The Kier molecular flexibility index (Phi) is 6.21. The molecule has 136 valence electrons. The average molecular weight is 371 g/mol. The van der Waals surface area contributed by atoms with Gasteiger partial charge in [0.05, 0.1) is 6.54 Å². The molecule has 1 atom stereocenters. The lowest BCUT2D eigenvalue weighted by atomic mass is 10.2. The first-order chi connectivity index (χ1) is 10.8. The molecule has 1 rings (SSSR count). The molecule has 0 spiro atoms. The van der Waals surface area contributed by atoms with Gasteiger partial charge in [0, 0.05) is 12.2 Å². The maximum atomic E-state index is 12.7. The van der Waals surface area contributed by atoms with Gasteiger partial charge in [-0.3, -0.25) is 4.79 Å². The summed E-state index contributed by atoms with van der Waals surface area (Å²) >= 11 is 0. The smallest absolute Gasteiger partial charge is 0.433 e. The number of rotatable bonds is 7. The highest BCUT2D eigenvalue weighted by molar-refractivity contribution is 7.86. The Morgan fingerprint density at radius 1 is 1.42 bits per heavy atom. The molecule has 5 N–H and O–H groups in total. The summed E-state index contributed by atoms with van der Waals surface area (Å²) in [6.07, 6.45) is -5.01. The lowest BCUT2D eigenvalue weighted by Gasteiger charge is -2.20. The van der Waals surface area contributed by atoms with Gasteiger partial charge in [0.15, 0.2) is 0 Å². The number of carboxylic acids is 1. The minimum absolute atomic E-state index is 0.0102. The minimum atomic E-state index is -4.72. The lowest BCUT2D eigenvalue weighted by Crippen LogP contribution is -2.41. The number of nitrogens with two attached hydrogens (primary N) is 2. The van der Waals surface area contributed by atoms with Gasteiger partial charge in [-0.05, 0) is 19.4 Å². The quantitative estimate of drug-likeness (QED) is 0.590. The predicted molar refractivity (Wildman–Crippen MR) is 75.5 cm³/mol. The Hall–Kier alpha value is -1.83. The van der Waals surface area contributed by atoms with E-state index in [0.717, 1.165) is 0 Å². The van der Waals surface area contributed by atoms with Crippen LogP contribution in [0.3, 0.4) is 0 Å². The molecule has 0 aliphatic heterocycles. The van der Waals surface area contributed by atoms with E-state index in [1.165, 1.54) is 6.92 Å². The lowest BCUT2D eigenvalue weighted by molar-refractivity contribution is -0.141. The van der Waals surface area contributed by atoms with Crippen molar-refractivity contribution in [2.75, 3.05) is 6.54 Å². The minimum Gasteiger partial charge on any atom is -0.480 e. The molecular formula is C11H16F3N5O4S. The second-order valence-electron chi connectivity index (χ2n) is 4.92. The van der Waals surface area contributed by atoms with Crippen molar-refractivity contribution in [1.29, 1.82) is 0 Å². The number of nitrogens with zero attached hydrogens (tertiary/aromatic N) is 3. The molecule has 0 saturated heterocycles. The van der Waals surface area contributed by atoms with Gasteiger partial charge in [-0.1, -0.05) is 0 Å². The van der Waals surface area contributed by atoms with Crippen molar-refractivity contribution in [2.45, 2.75) is 32.1 Å². The van der Waals surface area contributed by atoms with Crippen molar-refractivity contribution in [3.8, 4) is 0 Å². The predicted octanol–water partition coefficient (Wildman–Crippen LogP) is -0.389. The SMILES string of the molecule is Cc1cc(C(F)(F)F)nc(CN(CCC(N)C(=O)O)S(N)(=O)=O)n1. The van der Waals surface area contributed by atoms with Crippen molar-refractivity contribution >= 4 is 16.2 Å². The van der Waals surface area contributed by atoms with E-state index in [9.17, 15) is 26.4 Å². The first-order valence-corrected chi connectivity index (χ1v) is 7.99. The zero-order chi connectivity index (χ0) is 18.7. The van der Waals surface area contributed by atoms with Gasteiger partial charge in [-0.2, -0.15) is 25.9 Å². The van der Waals surface area contributed by atoms with Gasteiger partial charge < -0.3 is 10.8 Å². The molecule has 1 unspecified atom stereocenters. The highest BCUT2D eigenvalue weighted by Gasteiger charge is 2.33. The summed E-state index contributed by atoms with van der Waals surface area (Å²) < 4.78 is 61.8. The van der Waals surface area contributed by atoms with Crippen LogP contribution >= 0.6 is 0 Å². The molecule has 1 heterocycles. The van der Waals surface area contributed by atoms with Crippen LogP contribution in [0.5, 0.6) is 0 Å².